The highest BCUT2D eigenvalue weighted by atomic mass is 35.5. The molecule has 0 aliphatic heterocycles. The van der Waals surface area contributed by atoms with E-state index < -0.39 is 0 Å². The van der Waals surface area contributed by atoms with E-state index in [1.165, 1.54) is 0 Å². The van der Waals surface area contributed by atoms with Crippen LogP contribution in [0.2, 0.25) is 15.1 Å². The van der Waals surface area contributed by atoms with Crippen LogP contribution in [0.5, 0.6) is 0 Å². The van der Waals surface area contributed by atoms with E-state index in [1.807, 2.05) is 0 Å². The predicted octanol–water partition coefficient (Wildman–Crippen LogP) is 2.89. The Morgan fingerprint density at radius 3 is 2.54 bits per heavy atom. The summed E-state index contributed by atoms with van der Waals surface area (Å²) in [5.41, 5.74) is 0.739. The molecule has 1 aromatic carbocycles. The predicted molar refractivity (Wildman–Crippen MR) is 54.4 cm³/mol. The summed E-state index contributed by atoms with van der Waals surface area (Å²) in [5, 5.41) is 3.58. The molecule has 0 heterocycles. The fraction of sp³-hybridized carbons (Fsp3) is 0.125. The Morgan fingerprint density at radius 2 is 1.92 bits per heavy atom. The number of halogens is 3. The first-order chi connectivity index (χ1) is 6.16. The van der Waals surface area contributed by atoms with E-state index in [1.54, 1.807) is 12.1 Å². The van der Waals surface area contributed by atoms with Crippen LogP contribution in [-0.4, -0.2) is 6.41 Å². The van der Waals surface area contributed by atoms with Crippen molar-refractivity contribution in [1.29, 1.82) is 0 Å². The number of hydrogen-bond acceptors (Lipinski definition) is 1. The molecule has 0 spiro atoms. The van der Waals surface area contributed by atoms with Gasteiger partial charge in [-0.05, 0) is 11.6 Å². The molecule has 0 aliphatic rings. The molecule has 0 radical (unpaired) electrons. The Bertz CT molecular complexity index is 327. The van der Waals surface area contributed by atoms with Crippen LogP contribution >= 0.6 is 34.8 Å². The Kier molecular flexibility index (Phi) is 3.85. The number of benzene rings is 1. The van der Waals surface area contributed by atoms with E-state index in [0.717, 1.165) is 5.56 Å². The zero-order valence-corrected chi connectivity index (χ0v) is 8.75. The topological polar surface area (TPSA) is 29.1 Å². The highest BCUT2D eigenvalue weighted by Gasteiger charge is 2.07. The van der Waals surface area contributed by atoms with Crippen molar-refractivity contribution in [2.75, 3.05) is 0 Å². The lowest BCUT2D eigenvalue weighted by atomic mass is 10.2. The van der Waals surface area contributed by atoms with Gasteiger partial charge in [-0.3, -0.25) is 4.79 Å². The maximum Gasteiger partial charge on any atom is 0.207 e. The summed E-state index contributed by atoms with van der Waals surface area (Å²) < 4.78 is 0. The molecule has 1 rings (SSSR count). The highest BCUT2D eigenvalue weighted by molar-refractivity contribution is 6.48. The molecule has 1 amide bonds. The number of amides is 1. The molecule has 5 heteroatoms. The zero-order valence-electron chi connectivity index (χ0n) is 6.48. The first-order valence-corrected chi connectivity index (χ1v) is 4.59. The van der Waals surface area contributed by atoms with Gasteiger partial charge in [-0.1, -0.05) is 40.9 Å². The second-order valence-electron chi connectivity index (χ2n) is 2.33. The van der Waals surface area contributed by atoms with Crippen LogP contribution in [0.4, 0.5) is 0 Å². The third-order valence-electron chi connectivity index (χ3n) is 1.49. The zero-order chi connectivity index (χ0) is 9.84. The van der Waals surface area contributed by atoms with Gasteiger partial charge in [0, 0.05) is 6.54 Å². The van der Waals surface area contributed by atoms with Crippen LogP contribution in [0.25, 0.3) is 0 Å². The van der Waals surface area contributed by atoms with Gasteiger partial charge in [0.2, 0.25) is 6.41 Å². The van der Waals surface area contributed by atoms with Gasteiger partial charge in [0.25, 0.3) is 0 Å². The Balaban J connectivity index is 2.96. The molecule has 70 valence electrons. The minimum atomic E-state index is 0.313. The minimum absolute atomic E-state index is 0.313. The van der Waals surface area contributed by atoms with Gasteiger partial charge in [-0.25, -0.2) is 0 Å². The average molecular weight is 239 g/mol. The smallest absolute Gasteiger partial charge is 0.207 e. The molecule has 13 heavy (non-hydrogen) atoms. The minimum Gasteiger partial charge on any atom is -0.355 e. The number of nitrogens with one attached hydrogen (secondary N) is 1. The van der Waals surface area contributed by atoms with Crippen LogP contribution in [-0.2, 0) is 11.3 Å². The van der Waals surface area contributed by atoms with Crippen molar-refractivity contribution in [3.63, 3.8) is 0 Å². The van der Waals surface area contributed by atoms with Gasteiger partial charge in [0.15, 0.2) is 0 Å². The van der Waals surface area contributed by atoms with Crippen molar-refractivity contribution in [1.82, 2.24) is 5.32 Å². The van der Waals surface area contributed by atoms with Crippen LogP contribution in [0.15, 0.2) is 12.1 Å². The van der Waals surface area contributed by atoms with Gasteiger partial charge in [0.1, 0.15) is 0 Å². The van der Waals surface area contributed by atoms with Gasteiger partial charge >= 0.3 is 0 Å². The second-order valence-corrected chi connectivity index (χ2v) is 3.50. The molecular weight excluding hydrogens is 232 g/mol. The summed E-state index contributed by atoms with van der Waals surface area (Å²) in [4.78, 5) is 10.0. The maximum atomic E-state index is 10.0. The molecule has 0 bridgehead atoms. The Hall–Kier alpha value is -0.440. The van der Waals surface area contributed by atoms with Crippen LogP contribution in [0.1, 0.15) is 5.56 Å². The standard InChI is InChI=1S/C8H6Cl3NO/c9-6-2-1-5(3-12-4-13)7(10)8(6)11/h1-2,4H,3H2,(H,12,13). The van der Waals surface area contributed by atoms with E-state index in [-0.39, 0.29) is 0 Å². The molecule has 0 atom stereocenters. The van der Waals surface area contributed by atoms with Crippen LogP contribution in [0.3, 0.4) is 0 Å². The average Bonchev–Trinajstić information content (AvgIpc) is 2.13. The molecule has 0 aliphatic carbocycles. The molecule has 0 unspecified atom stereocenters. The molecule has 0 saturated heterocycles. The molecular formula is C8H6Cl3NO. The van der Waals surface area contributed by atoms with E-state index in [0.29, 0.717) is 28.0 Å². The molecule has 0 fully saturated rings. The van der Waals surface area contributed by atoms with Crippen LogP contribution in [0, 0.1) is 0 Å². The van der Waals surface area contributed by atoms with Gasteiger partial charge in [0.05, 0.1) is 15.1 Å². The maximum absolute atomic E-state index is 10.0. The Morgan fingerprint density at radius 1 is 1.23 bits per heavy atom. The third kappa shape index (κ3) is 2.50. The first-order valence-electron chi connectivity index (χ1n) is 3.46. The second kappa shape index (κ2) is 4.70. The van der Waals surface area contributed by atoms with E-state index in [2.05, 4.69) is 5.32 Å². The van der Waals surface area contributed by atoms with Gasteiger partial charge in [-0.2, -0.15) is 0 Å². The van der Waals surface area contributed by atoms with Crippen molar-refractivity contribution in [3.8, 4) is 0 Å². The number of carbonyl (C=O) groups excluding carboxylic acids is 1. The molecule has 2 nitrogen and oxygen atoms in total. The SMILES string of the molecule is O=CNCc1ccc(Cl)c(Cl)c1Cl. The lowest BCUT2D eigenvalue weighted by Gasteiger charge is -2.05. The summed E-state index contributed by atoms with van der Waals surface area (Å²) in [6, 6.07) is 3.35. The Labute approximate surface area is 90.8 Å². The first kappa shape index (κ1) is 10.6. The van der Waals surface area contributed by atoms with E-state index in [9.17, 15) is 4.79 Å². The lowest BCUT2D eigenvalue weighted by Crippen LogP contribution is -2.10. The van der Waals surface area contributed by atoms with Gasteiger partial charge < -0.3 is 5.32 Å². The van der Waals surface area contributed by atoms with E-state index in [4.69, 9.17) is 34.8 Å². The summed E-state index contributed by atoms with van der Waals surface area (Å²) in [6.45, 7) is 0.346. The summed E-state index contributed by atoms with van der Waals surface area (Å²) in [6.07, 6.45) is 0.596. The van der Waals surface area contributed by atoms with Crippen molar-refractivity contribution in [3.05, 3.63) is 32.8 Å². The lowest BCUT2D eigenvalue weighted by molar-refractivity contribution is -0.109. The van der Waals surface area contributed by atoms with E-state index >= 15 is 0 Å². The quantitative estimate of drug-likeness (QED) is 0.637. The van der Waals surface area contributed by atoms with Crippen molar-refractivity contribution >= 4 is 41.2 Å². The van der Waals surface area contributed by atoms with Crippen LogP contribution < -0.4 is 5.32 Å². The largest absolute Gasteiger partial charge is 0.355 e. The van der Waals surface area contributed by atoms with Crippen molar-refractivity contribution in [2.45, 2.75) is 6.54 Å². The molecule has 1 aromatic rings. The molecule has 1 N–H and O–H groups in total. The fourth-order valence-corrected chi connectivity index (χ4v) is 1.48. The molecule has 0 aromatic heterocycles. The summed E-state index contributed by atoms with van der Waals surface area (Å²) in [7, 11) is 0. The van der Waals surface area contributed by atoms with Gasteiger partial charge in [-0.15, -0.1) is 0 Å². The highest BCUT2D eigenvalue weighted by Crippen LogP contribution is 2.32. The number of carbonyl (C=O) groups is 1. The third-order valence-corrected chi connectivity index (χ3v) is 2.82. The summed E-state index contributed by atoms with van der Waals surface area (Å²) >= 11 is 17.4. The number of hydrogen-bond donors (Lipinski definition) is 1. The fourth-order valence-electron chi connectivity index (χ4n) is 0.854. The molecule has 0 saturated carbocycles. The normalized spacial score (nSPS) is 9.77. The van der Waals surface area contributed by atoms with Crippen molar-refractivity contribution < 1.29 is 4.79 Å². The summed E-state index contributed by atoms with van der Waals surface area (Å²) in [5.74, 6) is 0. The van der Waals surface area contributed by atoms with Crippen molar-refractivity contribution in [2.24, 2.45) is 0 Å². The monoisotopic (exact) mass is 237 g/mol. The number of rotatable bonds is 3.